The highest BCUT2D eigenvalue weighted by molar-refractivity contribution is 7.23. The van der Waals surface area contributed by atoms with Crippen LogP contribution in [-0.4, -0.2) is 11.4 Å². The van der Waals surface area contributed by atoms with Gasteiger partial charge in [-0.15, -0.1) is 0 Å². The molecule has 3 rings (SSSR count). The smallest absolute Gasteiger partial charge is 0.213 e. The van der Waals surface area contributed by atoms with Crippen LogP contribution in [0, 0.1) is 5.82 Å². The Kier molecular flexibility index (Phi) is 2.26. The number of hydrogen-bond acceptors (Lipinski definition) is 3. The van der Waals surface area contributed by atoms with Gasteiger partial charge in [0.15, 0.2) is 5.13 Å². The van der Waals surface area contributed by atoms with E-state index in [2.05, 4.69) is 10.3 Å². The van der Waals surface area contributed by atoms with Gasteiger partial charge in [-0.2, -0.15) is 0 Å². The average Bonchev–Trinajstić information content (AvgIpc) is 2.72. The van der Waals surface area contributed by atoms with Crippen LogP contribution in [0.3, 0.4) is 0 Å². The molecule has 0 aliphatic rings. The molecule has 0 atom stereocenters. The van der Waals surface area contributed by atoms with Crippen LogP contribution < -0.4 is 5.32 Å². The summed E-state index contributed by atoms with van der Waals surface area (Å²) >= 11 is 1.38. The van der Waals surface area contributed by atoms with Gasteiger partial charge in [0, 0.05) is 5.39 Å². The summed E-state index contributed by atoms with van der Waals surface area (Å²) in [4.78, 5) is 14.6. The Bertz CT molecular complexity index is 723. The second kappa shape index (κ2) is 3.78. The van der Waals surface area contributed by atoms with Gasteiger partial charge in [0.1, 0.15) is 5.82 Å². The molecule has 1 heterocycles. The first-order chi connectivity index (χ1) is 8.28. The predicted molar refractivity (Wildman–Crippen MR) is 66.8 cm³/mol. The minimum Gasteiger partial charge on any atom is -0.305 e. The third-order valence-electron chi connectivity index (χ3n) is 2.51. The van der Waals surface area contributed by atoms with Gasteiger partial charge in [-0.25, -0.2) is 9.37 Å². The van der Waals surface area contributed by atoms with E-state index < -0.39 is 0 Å². The Morgan fingerprint density at radius 3 is 3.00 bits per heavy atom. The Morgan fingerprint density at radius 1 is 1.29 bits per heavy atom. The van der Waals surface area contributed by atoms with Crippen LogP contribution >= 0.6 is 11.3 Å². The Balaban J connectivity index is 2.34. The van der Waals surface area contributed by atoms with Gasteiger partial charge in [0.05, 0.1) is 10.2 Å². The average molecular weight is 246 g/mol. The van der Waals surface area contributed by atoms with Gasteiger partial charge in [-0.05, 0) is 29.7 Å². The van der Waals surface area contributed by atoms with Crippen molar-refractivity contribution in [2.45, 2.75) is 0 Å². The molecule has 84 valence electrons. The summed E-state index contributed by atoms with van der Waals surface area (Å²) in [5, 5.41) is 4.85. The normalized spacial score (nSPS) is 10.9. The molecule has 1 N–H and O–H groups in total. The minimum absolute atomic E-state index is 0.257. The van der Waals surface area contributed by atoms with Crippen molar-refractivity contribution < 1.29 is 9.18 Å². The maximum Gasteiger partial charge on any atom is 0.213 e. The fourth-order valence-electron chi connectivity index (χ4n) is 1.80. The zero-order valence-corrected chi connectivity index (χ0v) is 9.42. The van der Waals surface area contributed by atoms with Gasteiger partial charge in [0.25, 0.3) is 0 Å². The Hall–Kier alpha value is -2.01. The van der Waals surface area contributed by atoms with E-state index in [1.54, 1.807) is 6.07 Å². The van der Waals surface area contributed by atoms with Crippen molar-refractivity contribution in [3.63, 3.8) is 0 Å². The maximum atomic E-state index is 13.1. The molecular formula is C12H7FN2OS. The van der Waals surface area contributed by atoms with E-state index in [1.165, 1.54) is 23.5 Å². The summed E-state index contributed by atoms with van der Waals surface area (Å²) in [5.41, 5.74) is 0.804. The van der Waals surface area contributed by atoms with Crippen LogP contribution in [0.2, 0.25) is 0 Å². The number of anilines is 1. The molecule has 0 saturated heterocycles. The molecule has 0 bridgehead atoms. The molecule has 2 aromatic carbocycles. The van der Waals surface area contributed by atoms with Crippen molar-refractivity contribution in [2.75, 3.05) is 5.32 Å². The van der Waals surface area contributed by atoms with E-state index in [0.717, 1.165) is 21.0 Å². The van der Waals surface area contributed by atoms with Gasteiger partial charge in [0.2, 0.25) is 6.41 Å². The molecule has 0 saturated carbocycles. The summed E-state index contributed by atoms with van der Waals surface area (Å²) < 4.78 is 14.0. The lowest BCUT2D eigenvalue weighted by Crippen LogP contribution is -1.91. The zero-order valence-electron chi connectivity index (χ0n) is 8.61. The summed E-state index contributed by atoms with van der Waals surface area (Å²) in [6.45, 7) is 0. The topological polar surface area (TPSA) is 42.0 Å². The highest BCUT2D eigenvalue weighted by Gasteiger charge is 2.07. The fourth-order valence-corrected chi connectivity index (χ4v) is 2.76. The SMILES string of the molecule is O=CNc1nc2ccc3cc(F)ccc3c2s1. The molecule has 3 aromatic rings. The third kappa shape index (κ3) is 1.64. The first-order valence-corrected chi connectivity index (χ1v) is 5.78. The van der Waals surface area contributed by atoms with E-state index in [9.17, 15) is 9.18 Å². The summed E-state index contributed by atoms with van der Waals surface area (Å²) in [5.74, 6) is -0.257. The number of nitrogens with one attached hydrogen (secondary N) is 1. The minimum atomic E-state index is -0.257. The lowest BCUT2D eigenvalue weighted by Gasteiger charge is -1.97. The largest absolute Gasteiger partial charge is 0.305 e. The highest BCUT2D eigenvalue weighted by Crippen LogP contribution is 2.32. The van der Waals surface area contributed by atoms with Crippen LogP contribution in [0.25, 0.3) is 21.0 Å². The fraction of sp³-hybridized carbons (Fsp3) is 0. The lowest BCUT2D eigenvalue weighted by atomic mass is 10.1. The van der Waals surface area contributed by atoms with E-state index in [0.29, 0.717) is 11.5 Å². The zero-order chi connectivity index (χ0) is 11.8. The molecule has 5 heteroatoms. The molecule has 0 radical (unpaired) electrons. The van der Waals surface area contributed by atoms with Gasteiger partial charge < -0.3 is 5.32 Å². The van der Waals surface area contributed by atoms with Crippen molar-refractivity contribution >= 4 is 43.9 Å². The Morgan fingerprint density at radius 2 is 2.18 bits per heavy atom. The third-order valence-corrected chi connectivity index (χ3v) is 3.55. The summed E-state index contributed by atoms with van der Waals surface area (Å²) in [6, 6.07) is 8.29. The monoisotopic (exact) mass is 246 g/mol. The van der Waals surface area contributed by atoms with Crippen molar-refractivity contribution in [3.05, 3.63) is 36.1 Å². The lowest BCUT2D eigenvalue weighted by molar-refractivity contribution is -0.105. The standard InChI is InChI=1S/C12H7FN2OS/c13-8-2-3-9-7(5-8)1-4-10-11(9)17-12(15-10)14-6-16/h1-6H,(H,14,15,16). The number of halogens is 1. The predicted octanol–water partition coefficient (Wildman–Crippen LogP) is 3.16. The van der Waals surface area contributed by atoms with Gasteiger partial charge >= 0.3 is 0 Å². The maximum absolute atomic E-state index is 13.1. The van der Waals surface area contributed by atoms with Crippen molar-refractivity contribution in [3.8, 4) is 0 Å². The number of nitrogens with zero attached hydrogens (tertiary/aromatic N) is 1. The van der Waals surface area contributed by atoms with Crippen LogP contribution in [0.4, 0.5) is 9.52 Å². The molecule has 0 fully saturated rings. The molecule has 0 unspecified atom stereocenters. The molecular weight excluding hydrogens is 239 g/mol. The number of amides is 1. The number of carbonyl (C=O) groups excluding carboxylic acids is 1. The number of thiazole rings is 1. The van der Waals surface area contributed by atoms with E-state index in [-0.39, 0.29) is 5.82 Å². The number of rotatable bonds is 2. The molecule has 1 aromatic heterocycles. The van der Waals surface area contributed by atoms with Crippen LogP contribution in [0.5, 0.6) is 0 Å². The number of aromatic nitrogens is 1. The highest BCUT2D eigenvalue weighted by atomic mass is 32.1. The second-order valence-electron chi connectivity index (χ2n) is 3.56. The second-order valence-corrected chi connectivity index (χ2v) is 4.56. The van der Waals surface area contributed by atoms with E-state index in [1.807, 2.05) is 12.1 Å². The van der Waals surface area contributed by atoms with Crippen LogP contribution in [0.15, 0.2) is 30.3 Å². The van der Waals surface area contributed by atoms with Gasteiger partial charge in [-0.1, -0.05) is 17.4 Å². The van der Waals surface area contributed by atoms with E-state index in [4.69, 9.17) is 0 Å². The molecule has 0 spiro atoms. The molecule has 0 aliphatic carbocycles. The van der Waals surface area contributed by atoms with Crippen LogP contribution in [-0.2, 0) is 4.79 Å². The van der Waals surface area contributed by atoms with Crippen molar-refractivity contribution in [1.82, 2.24) is 4.98 Å². The number of hydrogen-bond donors (Lipinski definition) is 1. The number of carbonyl (C=O) groups is 1. The summed E-state index contributed by atoms with van der Waals surface area (Å²) in [6.07, 6.45) is 0.597. The molecule has 0 aliphatic heterocycles. The van der Waals surface area contributed by atoms with Gasteiger partial charge in [-0.3, -0.25) is 4.79 Å². The van der Waals surface area contributed by atoms with E-state index >= 15 is 0 Å². The van der Waals surface area contributed by atoms with Crippen molar-refractivity contribution in [1.29, 1.82) is 0 Å². The number of benzene rings is 2. The first-order valence-electron chi connectivity index (χ1n) is 4.97. The number of fused-ring (bicyclic) bond motifs is 3. The molecule has 1 amide bonds. The molecule has 3 nitrogen and oxygen atoms in total. The quantitative estimate of drug-likeness (QED) is 0.706. The first kappa shape index (κ1) is 10.2. The molecule has 17 heavy (non-hydrogen) atoms. The summed E-state index contributed by atoms with van der Waals surface area (Å²) in [7, 11) is 0. The van der Waals surface area contributed by atoms with Crippen LogP contribution in [0.1, 0.15) is 0 Å². The Labute approximate surface area is 99.9 Å². The van der Waals surface area contributed by atoms with Crippen molar-refractivity contribution in [2.24, 2.45) is 0 Å².